The standard InChI is InChI=1S/C13H13FN2O2S/c1-16(2)7-10-15-11(12(19-10)13(17)18)8-5-3-4-6-9(8)14/h3-6H,7H2,1-2H3,(H,17,18). The molecule has 0 amide bonds. The van der Waals surface area contributed by atoms with Gasteiger partial charge in [-0.25, -0.2) is 14.2 Å². The van der Waals surface area contributed by atoms with Gasteiger partial charge in [-0.15, -0.1) is 11.3 Å². The summed E-state index contributed by atoms with van der Waals surface area (Å²) in [7, 11) is 3.73. The van der Waals surface area contributed by atoms with Crippen LogP contribution in [0.25, 0.3) is 11.3 Å². The van der Waals surface area contributed by atoms with E-state index in [0.717, 1.165) is 11.3 Å². The van der Waals surface area contributed by atoms with Crippen molar-refractivity contribution in [3.8, 4) is 11.3 Å². The molecule has 0 unspecified atom stereocenters. The van der Waals surface area contributed by atoms with Crippen LogP contribution in [-0.2, 0) is 6.54 Å². The summed E-state index contributed by atoms with van der Waals surface area (Å²) < 4.78 is 13.8. The van der Waals surface area contributed by atoms with E-state index in [2.05, 4.69) is 4.98 Å². The highest BCUT2D eigenvalue weighted by atomic mass is 32.1. The lowest BCUT2D eigenvalue weighted by Crippen LogP contribution is -2.10. The van der Waals surface area contributed by atoms with Crippen LogP contribution in [0, 0.1) is 5.82 Å². The second-order valence-electron chi connectivity index (χ2n) is 4.31. The van der Waals surface area contributed by atoms with Gasteiger partial charge in [-0.2, -0.15) is 0 Å². The molecule has 0 saturated carbocycles. The molecule has 0 fully saturated rings. The highest BCUT2D eigenvalue weighted by molar-refractivity contribution is 7.14. The molecule has 0 bridgehead atoms. The van der Waals surface area contributed by atoms with Crippen molar-refractivity contribution in [2.24, 2.45) is 0 Å². The van der Waals surface area contributed by atoms with Crippen molar-refractivity contribution in [2.75, 3.05) is 14.1 Å². The minimum atomic E-state index is -1.08. The Morgan fingerprint density at radius 3 is 2.68 bits per heavy atom. The minimum absolute atomic E-state index is 0.0713. The number of carbonyl (C=O) groups is 1. The normalized spacial score (nSPS) is 10.9. The summed E-state index contributed by atoms with van der Waals surface area (Å²) in [4.78, 5) is 17.5. The lowest BCUT2D eigenvalue weighted by atomic mass is 10.1. The Hall–Kier alpha value is -1.79. The van der Waals surface area contributed by atoms with E-state index in [0.29, 0.717) is 11.6 Å². The molecule has 0 radical (unpaired) electrons. The molecular weight excluding hydrogens is 267 g/mol. The van der Waals surface area contributed by atoms with Crippen molar-refractivity contribution >= 4 is 17.3 Å². The van der Waals surface area contributed by atoms with Gasteiger partial charge < -0.3 is 10.0 Å². The number of thiazole rings is 1. The number of rotatable bonds is 4. The lowest BCUT2D eigenvalue weighted by molar-refractivity contribution is 0.0702. The number of benzene rings is 1. The highest BCUT2D eigenvalue weighted by Crippen LogP contribution is 2.30. The summed E-state index contributed by atoms with van der Waals surface area (Å²) in [5, 5.41) is 9.85. The van der Waals surface area contributed by atoms with Gasteiger partial charge in [0.05, 0.1) is 5.69 Å². The van der Waals surface area contributed by atoms with Crippen LogP contribution in [0.15, 0.2) is 24.3 Å². The average Bonchev–Trinajstić information content (AvgIpc) is 2.72. The number of nitrogens with zero attached hydrogens (tertiary/aromatic N) is 2. The SMILES string of the molecule is CN(C)Cc1nc(-c2ccccc2F)c(C(=O)O)s1. The third kappa shape index (κ3) is 2.97. The fourth-order valence-corrected chi connectivity index (χ4v) is 2.72. The van der Waals surface area contributed by atoms with Crippen LogP contribution in [0.5, 0.6) is 0 Å². The smallest absolute Gasteiger partial charge is 0.348 e. The lowest BCUT2D eigenvalue weighted by Gasteiger charge is -2.05. The monoisotopic (exact) mass is 280 g/mol. The molecular formula is C13H13FN2O2S. The zero-order valence-electron chi connectivity index (χ0n) is 10.6. The van der Waals surface area contributed by atoms with Gasteiger partial charge in [0.2, 0.25) is 0 Å². The van der Waals surface area contributed by atoms with Crippen molar-refractivity contribution in [1.82, 2.24) is 9.88 Å². The largest absolute Gasteiger partial charge is 0.477 e. The molecule has 1 N–H and O–H groups in total. The maximum absolute atomic E-state index is 13.8. The molecule has 0 aliphatic heterocycles. The van der Waals surface area contributed by atoms with Crippen molar-refractivity contribution < 1.29 is 14.3 Å². The fourth-order valence-electron chi connectivity index (χ4n) is 1.68. The molecule has 0 spiro atoms. The molecule has 1 aromatic heterocycles. The molecule has 0 atom stereocenters. The van der Waals surface area contributed by atoms with Crippen LogP contribution in [-0.4, -0.2) is 35.1 Å². The van der Waals surface area contributed by atoms with E-state index < -0.39 is 11.8 Å². The summed E-state index contributed by atoms with van der Waals surface area (Å²) in [6, 6.07) is 6.06. The molecule has 1 aromatic carbocycles. The van der Waals surface area contributed by atoms with Gasteiger partial charge >= 0.3 is 5.97 Å². The van der Waals surface area contributed by atoms with E-state index in [1.807, 2.05) is 19.0 Å². The quantitative estimate of drug-likeness (QED) is 0.935. The van der Waals surface area contributed by atoms with E-state index in [1.54, 1.807) is 12.1 Å². The summed E-state index contributed by atoms with van der Waals surface area (Å²) >= 11 is 1.08. The number of carboxylic acids is 1. The zero-order valence-corrected chi connectivity index (χ0v) is 11.4. The molecule has 1 heterocycles. The minimum Gasteiger partial charge on any atom is -0.477 e. The third-order valence-corrected chi connectivity index (χ3v) is 3.47. The van der Waals surface area contributed by atoms with Crippen LogP contribution in [0.1, 0.15) is 14.7 Å². The zero-order chi connectivity index (χ0) is 14.0. The molecule has 0 saturated heterocycles. The Kier molecular flexibility index (Phi) is 3.92. The van der Waals surface area contributed by atoms with E-state index in [-0.39, 0.29) is 16.1 Å². The van der Waals surface area contributed by atoms with Crippen LogP contribution >= 0.6 is 11.3 Å². The Bertz CT molecular complexity index is 610. The third-order valence-electron chi connectivity index (χ3n) is 2.45. The highest BCUT2D eigenvalue weighted by Gasteiger charge is 2.20. The van der Waals surface area contributed by atoms with E-state index in [9.17, 15) is 14.3 Å². The first-order valence-electron chi connectivity index (χ1n) is 5.61. The Morgan fingerprint density at radius 2 is 2.11 bits per heavy atom. The Morgan fingerprint density at radius 1 is 1.42 bits per heavy atom. The van der Waals surface area contributed by atoms with E-state index >= 15 is 0 Å². The first-order chi connectivity index (χ1) is 8.99. The van der Waals surface area contributed by atoms with Crippen molar-refractivity contribution in [1.29, 1.82) is 0 Å². The van der Waals surface area contributed by atoms with Crippen LogP contribution < -0.4 is 0 Å². The summed E-state index contributed by atoms with van der Waals surface area (Å²) in [5.41, 5.74) is 0.425. The van der Waals surface area contributed by atoms with Gasteiger partial charge in [0.1, 0.15) is 15.7 Å². The number of hydrogen-bond acceptors (Lipinski definition) is 4. The van der Waals surface area contributed by atoms with Crippen molar-refractivity contribution in [3.05, 3.63) is 40.0 Å². The summed E-state index contributed by atoms with van der Waals surface area (Å²) in [6.07, 6.45) is 0. The Labute approximate surface area is 114 Å². The number of halogens is 1. The molecule has 2 rings (SSSR count). The Balaban J connectivity index is 2.52. The second-order valence-corrected chi connectivity index (χ2v) is 5.39. The summed E-state index contributed by atoms with van der Waals surface area (Å²) in [5.74, 6) is -1.55. The van der Waals surface area contributed by atoms with Gasteiger partial charge in [0, 0.05) is 12.1 Å². The molecule has 100 valence electrons. The first kappa shape index (κ1) is 13.6. The van der Waals surface area contributed by atoms with E-state index in [1.165, 1.54) is 12.1 Å². The number of aromatic carboxylic acids is 1. The van der Waals surface area contributed by atoms with Crippen LogP contribution in [0.4, 0.5) is 4.39 Å². The number of hydrogen-bond donors (Lipinski definition) is 1. The van der Waals surface area contributed by atoms with Crippen LogP contribution in [0.3, 0.4) is 0 Å². The van der Waals surface area contributed by atoms with Gasteiger partial charge in [0.25, 0.3) is 0 Å². The summed E-state index contributed by atoms with van der Waals surface area (Å²) in [6.45, 7) is 0.527. The van der Waals surface area contributed by atoms with Gasteiger partial charge in [0.15, 0.2) is 0 Å². The molecule has 6 heteroatoms. The fraction of sp³-hybridized carbons (Fsp3) is 0.231. The predicted octanol–water partition coefficient (Wildman–Crippen LogP) is 2.71. The maximum Gasteiger partial charge on any atom is 0.348 e. The number of carboxylic acid groups (broad SMARTS) is 1. The predicted molar refractivity (Wildman–Crippen MR) is 71.9 cm³/mol. The topological polar surface area (TPSA) is 53.4 Å². The molecule has 0 aliphatic rings. The molecule has 4 nitrogen and oxygen atoms in total. The maximum atomic E-state index is 13.8. The molecule has 0 aliphatic carbocycles. The second kappa shape index (κ2) is 5.46. The van der Waals surface area contributed by atoms with Gasteiger partial charge in [-0.1, -0.05) is 12.1 Å². The van der Waals surface area contributed by atoms with Gasteiger partial charge in [-0.05, 0) is 26.2 Å². The van der Waals surface area contributed by atoms with Crippen molar-refractivity contribution in [3.63, 3.8) is 0 Å². The first-order valence-corrected chi connectivity index (χ1v) is 6.43. The molecule has 2 aromatic rings. The van der Waals surface area contributed by atoms with Crippen LogP contribution in [0.2, 0.25) is 0 Å². The molecule has 19 heavy (non-hydrogen) atoms. The van der Waals surface area contributed by atoms with E-state index in [4.69, 9.17) is 0 Å². The van der Waals surface area contributed by atoms with Gasteiger partial charge in [-0.3, -0.25) is 0 Å². The average molecular weight is 280 g/mol. The van der Waals surface area contributed by atoms with Crippen molar-refractivity contribution in [2.45, 2.75) is 6.54 Å². The number of aromatic nitrogens is 1.